The van der Waals surface area contributed by atoms with Gasteiger partial charge < -0.3 is 14.5 Å². The summed E-state index contributed by atoms with van der Waals surface area (Å²) in [6.07, 6.45) is 0. The number of halogens is 1. The number of carbonyl (C=O) groups is 2. The molecule has 1 saturated heterocycles. The smallest absolute Gasteiger partial charge is 0.312 e. The number of hydrogen-bond acceptors (Lipinski definition) is 3. The fraction of sp³-hybridized carbons (Fsp3) is 0.385. The number of carbonyl (C=O) groups excluding carboxylic acids is 2. The minimum absolute atomic E-state index is 0.376. The second kappa shape index (κ2) is 5.61. The van der Waals surface area contributed by atoms with Gasteiger partial charge in [-0.15, -0.1) is 0 Å². The third-order valence-electron chi connectivity index (χ3n) is 3.13. The molecule has 0 saturated carbocycles. The number of methoxy groups -OCH3 is 1. The molecule has 1 aliphatic rings. The molecule has 1 fully saturated rings. The lowest BCUT2D eigenvalue weighted by Crippen LogP contribution is -2.52. The predicted octanol–water partition coefficient (Wildman–Crippen LogP) is 1.26. The summed E-state index contributed by atoms with van der Waals surface area (Å²) in [5.41, 5.74) is 0.877. The Bertz CT molecular complexity index is 519. The van der Waals surface area contributed by atoms with E-state index in [2.05, 4.69) is 15.9 Å². The van der Waals surface area contributed by atoms with Gasteiger partial charge in [0, 0.05) is 36.7 Å². The van der Waals surface area contributed by atoms with Gasteiger partial charge in [-0.05, 0) is 18.2 Å². The number of rotatable bonds is 3. The molecule has 0 atom stereocenters. The van der Waals surface area contributed by atoms with Crippen LogP contribution in [0.5, 0.6) is 5.75 Å². The monoisotopic (exact) mass is 326 g/mol. The fourth-order valence-electron chi connectivity index (χ4n) is 2.00. The number of piperazine rings is 1. The van der Waals surface area contributed by atoms with Crippen molar-refractivity contribution in [2.24, 2.45) is 0 Å². The van der Waals surface area contributed by atoms with Crippen LogP contribution in [0.3, 0.4) is 0 Å². The summed E-state index contributed by atoms with van der Waals surface area (Å²) in [5.74, 6) is -0.210. The Labute approximate surface area is 120 Å². The Morgan fingerprint density at radius 3 is 2.68 bits per heavy atom. The topological polar surface area (TPSA) is 49.9 Å². The number of benzene rings is 1. The summed E-state index contributed by atoms with van der Waals surface area (Å²) in [5, 5.41) is 0. The van der Waals surface area contributed by atoms with Crippen LogP contribution < -0.4 is 4.74 Å². The molecule has 1 aliphatic heterocycles. The fourth-order valence-corrected chi connectivity index (χ4v) is 2.41. The zero-order valence-electron chi connectivity index (χ0n) is 10.9. The zero-order chi connectivity index (χ0) is 14.0. The van der Waals surface area contributed by atoms with Gasteiger partial charge >= 0.3 is 11.8 Å². The average Bonchev–Trinajstić information content (AvgIpc) is 2.40. The summed E-state index contributed by atoms with van der Waals surface area (Å²) < 4.78 is 6.18. The highest BCUT2D eigenvalue weighted by Gasteiger charge is 2.30. The van der Waals surface area contributed by atoms with E-state index in [0.717, 1.165) is 10.0 Å². The minimum Gasteiger partial charge on any atom is -0.496 e. The number of hydrogen-bond donors (Lipinski definition) is 0. The largest absolute Gasteiger partial charge is 0.496 e. The Morgan fingerprint density at radius 1 is 1.26 bits per heavy atom. The average molecular weight is 327 g/mol. The van der Waals surface area contributed by atoms with Crippen molar-refractivity contribution in [2.45, 2.75) is 6.54 Å². The number of amides is 2. The van der Waals surface area contributed by atoms with E-state index in [9.17, 15) is 9.59 Å². The molecule has 6 heteroatoms. The first-order valence-corrected chi connectivity index (χ1v) is 6.69. The normalized spacial score (nSPS) is 15.9. The van der Waals surface area contributed by atoms with Gasteiger partial charge in [0.25, 0.3) is 0 Å². The molecule has 0 unspecified atom stereocenters. The molecule has 0 N–H and O–H groups in total. The molecule has 0 aliphatic carbocycles. The van der Waals surface area contributed by atoms with Crippen LogP contribution >= 0.6 is 15.9 Å². The summed E-state index contributed by atoms with van der Waals surface area (Å²) in [6.45, 7) is 1.47. The molecular formula is C13H15BrN2O3. The van der Waals surface area contributed by atoms with Gasteiger partial charge in [-0.3, -0.25) is 9.59 Å². The summed E-state index contributed by atoms with van der Waals surface area (Å²) in [7, 11) is 3.22. The maximum Gasteiger partial charge on any atom is 0.312 e. The molecule has 1 heterocycles. The second-order valence-electron chi connectivity index (χ2n) is 4.41. The Kier molecular flexibility index (Phi) is 4.09. The molecule has 2 amide bonds. The molecule has 0 aromatic heterocycles. The molecule has 1 aromatic rings. The number of likely N-dealkylation sites (N-methyl/N-ethyl adjacent to an activating group) is 1. The maximum absolute atomic E-state index is 11.9. The van der Waals surface area contributed by atoms with E-state index in [1.165, 1.54) is 4.90 Å². The van der Waals surface area contributed by atoms with Crippen molar-refractivity contribution in [2.75, 3.05) is 27.2 Å². The van der Waals surface area contributed by atoms with Crippen molar-refractivity contribution < 1.29 is 14.3 Å². The molecule has 19 heavy (non-hydrogen) atoms. The summed E-state index contributed by atoms with van der Waals surface area (Å²) in [6, 6.07) is 5.61. The lowest BCUT2D eigenvalue weighted by molar-refractivity contribution is -0.155. The second-order valence-corrected chi connectivity index (χ2v) is 5.33. The van der Waals surface area contributed by atoms with Crippen LogP contribution in [-0.4, -0.2) is 48.9 Å². The van der Waals surface area contributed by atoms with E-state index in [4.69, 9.17) is 4.74 Å². The SMILES string of the molecule is COc1ccc(Br)cc1CN1CCN(C)C(=O)C1=O. The highest BCUT2D eigenvalue weighted by atomic mass is 79.9. The van der Waals surface area contributed by atoms with Crippen LogP contribution in [0, 0.1) is 0 Å². The molecule has 2 rings (SSSR count). The Morgan fingerprint density at radius 2 is 2.00 bits per heavy atom. The molecule has 102 valence electrons. The highest BCUT2D eigenvalue weighted by molar-refractivity contribution is 9.10. The van der Waals surface area contributed by atoms with Crippen LogP contribution in [-0.2, 0) is 16.1 Å². The first kappa shape index (κ1) is 13.9. The molecule has 0 spiro atoms. The minimum atomic E-state index is -0.462. The van der Waals surface area contributed by atoms with Crippen molar-refractivity contribution in [3.63, 3.8) is 0 Å². The lowest BCUT2D eigenvalue weighted by Gasteiger charge is -2.31. The summed E-state index contributed by atoms with van der Waals surface area (Å²) >= 11 is 3.39. The summed E-state index contributed by atoms with van der Waals surface area (Å²) in [4.78, 5) is 26.5. The molecule has 5 nitrogen and oxygen atoms in total. The third-order valence-corrected chi connectivity index (χ3v) is 3.62. The van der Waals surface area contributed by atoms with Crippen molar-refractivity contribution in [1.82, 2.24) is 9.80 Å². The van der Waals surface area contributed by atoms with Crippen LogP contribution in [0.25, 0.3) is 0 Å². The highest BCUT2D eigenvalue weighted by Crippen LogP contribution is 2.24. The first-order chi connectivity index (χ1) is 9.02. The standard InChI is InChI=1S/C13H15BrN2O3/c1-15-5-6-16(13(18)12(15)17)8-9-7-10(14)3-4-11(9)19-2/h3-4,7H,5-6,8H2,1-2H3. The van der Waals surface area contributed by atoms with Gasteiger partial charge in [-0.2, -0.15) is 0 Å². The zero-order valence-corrected chi connectivity index (χ0v) is 12.4. The van der Waals surface area contributed by atoms with Gasteiger partial charge in [0.15, 0.2) is 0 Å². The van der Waals surface area contributed by atoms with E-state index in [0.29, 0.717) is 25.4 Å². The van der Waals surface area contributed by atoms with Gasteiger partial charge in [-0.25, -0.2) is 0 Å². The first-order valence-electron chi connectivity index (χ1n) is 5.89. The molecule has 1 aromatic carbocycles. The Balaban J connectivity index is 2.19. The van der Waals surface area contributed by atoms with Crippen molar-refractivity contribution in [1.29, 1.82) is 0 Å². The number of nitrogens with zero attached hydrogens (tertiary/aromatic N) is 2. The Hall–Kier alpha value is -1.56. The van der Waals surface area contributed by atoms with E-state index in [1.54, 1.807) is 19.1 Å². The van der Waals surface area contributed by atoms with Crippen molar-refractivity contribution in [3.05, 3.63) is 28.2 Å². The lowest BCUT2D eigenvalue weighted by atomic mass is 10.1. The van der Waals surface area contributed by atoms with Crippen LogP contribution in [0.2, 0.25) is 0 Å². The predicted molar refractivity (Wildman–Crippen MR) is 73.7 cm³/mol. The quantitative estimate of drug-likeness (QED) is 0.786. The maximum atomic E-state index is 11.9. The van der Waals surface area contributed by atoms with Gasteiger partial charge in [-0.1, -0.05) is 15.9 Å². The van der Waals surface area contributed by atoms with Crippen molar-refractivity contribution in [3.8, 4) is 5.75 Å². The molecule has 0 bridgehead atoms. The van der Waals surface area contributed by atoms with Crippen molar-refractivity contribution >= 4 is 27.7 Å². The van der Waals surface area contributed by atoms with Gasteiger partial charge in [0.1, 0.15) is 5.75 Å². The van der Waals surface area contributed by atoms with Gasteiger partial charge in [0.05, 0.1) is 7.11 Å². The van der Waals surface area contributed by atoms with Gasteiger partial charge in [0.2, 0.25) is 0 Å². The van der Waals surface area contributed by atoms with E-state index >= 15 is 0 Å². The van der Waals surface area contributed by atoms with E-state index in [-0.39, 0.29) is 0 Å². The van der Waals surface area contributed by atoms with Crippen LogP contribution in [0.4, 0.5) is 0 Å². The molecule has 0 radical (unpaired) electrons. The number of ether oxygens (including phenoxy) is 1. The van der Waals surface area contributed by atoms with E-state index < -0.39 is 11.8 Å². The molecular weight excluding hydrogens is 312 g/mol. The van der Waals surface area contributed by atoms with E-state index in [1.807, 2.05) is 18.2 Å². The van der Waals surface area contributed by atoms with Crippen LogP contribution in [0.15, 0.2) is 22.7 Å². The third kappa shape index (κ3) is 2.89. The van der Waals surface area contributed by atoms with Crippen LogP contribution in [0.1, 0.15) is 5.56 Å².